The number of carboxylic acids is 1. The first-order chi connectivity index (χ1) is 12.4. The van der Waals surface area contributed by atoms with Crippen molar-refractivity contribution in [3.8, 4) is 5.75 Å². The third kappa shape index (κ3) is 4.18. The summed E-state index contributed by atoms with van der Waals surface area (Å²) in [6, 6.07) is 8.44. The van der Waals surface area contributed by atoms with Gasteiger partial charge in [-0.15, -0.1) is 0 Å². The summed E-state index contributed by atoms with van der Waals surface area (Å²) >= 11 is 0. The number of aliphatic carboxylic acids is 1. The van der Waals surface area contributed by atoms with Crippen molar-refractivity contribution in [3.05, 3.63) is 59.4 Å². The maximum atomic E-state index is 12.6. The lowest BCUT2D eigenvalue weighted by molar-refractivity contribution is -0.136. The monoisotopic (exact) mass is 356 g/mol. The number of likely N-dealkylation sites (tertiary alicyclic amines) is 1. The van der Waals surface area contributed by atoms with E-state index in [1.807, 2.05) is 6.92 Å². The van der Waals surface area contributed by atoms with Gasteiger partial charge in [0.1, 0.15) is 18.0 Å². The number of rotatable bonds is 5. The van der Waals surface area contributed by atoms with Gasteiger partial charge >= 0.3 is 5.97 Å². The summed E-state index contributed by atoms with van der Waals surface area (Å²) in [6.45, 7) is 2.32. The zero-order valence-corrected chi connectivity index (χ0v) is 14.3. The van der Waals surface area contributed by atoms with Crippen LogP contribution in [-0.2, 0) is 11.2 Å². The second kappa shape index (κ2) is 7.53. The summed E-state index contributed by atoms with van der Waals surface area (Å²) in [4.78, 5) is 28.8. The smallest absolute Gasteiger partial charge is 0.307 e. The number of hydrogen-bond acceptors (Lipinski definition) is 5. The zero-order valence-electron chi connectivity index (χ0n) is 14.3. The van der Waals surface area contributed by atoms with E-state index in [0.29, 0.717) is 16.9 Å². The molecule has 1 aromatic carbocycles. The van der Waals surface area contributed by atoms with E-state index in [1.54, 1.807) is 41.4 Å². The third-order valence-corrected chi connectivity index (χ3v) is 4.21. The minimum absolute atomic E-state index is 0.0564. The van der Waals surface area contributed by atoms with Crippen LogP contribution >= 0.6 is 0 Å². The number of amides is 1. The molecule has 3 rings (SSSR count). The molecule has 0 spiro atoms. The Morgan fingerprint density at radius 3 is 2.62 bits per heavy atom. The lowest BCUT2D eigenvalue weighted by Crippen LogP contribution is -2.31. The zero-order chi connectivity index (χ0) is 18.7. The van der Waals surface area contributed by atoms with E-state index in [9.17, 15) is 14.7 Å². The molecule has 0 unspecified atom stereocenters. The van der Waals surface area contributed by atoms with Crippen LogP contribution in [-0.4, -0.2) is 57.3 Å². The van der Waals surface area contributed by atoms with Crippen molar-refractivity contribution < 1.29 is 24.5 Å². The number of carbonyl (C=O) groups excluding carboxylic acids is 1. The Morgan fingerprint density at radius 1 is 1.23 bits per heavy atom. The molecule has 1 aromatic heterocycles. The lowest BCUT2D eigenvalue weighted by Gasteiger charge is -2.17. The normalized spacial score (nSPS) is 19.4. The van der Waals surface area contributed by atoms with Crippen molar-refractivity contribution in [3.63, 3.8) is 0 Å². The van der Waals surface area contributed by atoms with Gasteiger partial charge in [0.15, 0.2) is 0 Å². The Morgan fingerprint density at radius 2 is 1.96 bits per heavy atom. The van der Waals surface area contributed by atoms with Crippen LogP contribution in [0.1, 0.15) is 21.5 Å². The molecule has 7 heteroatoms. The molecule has 0 bridgehead atoms. The number of β-amino-alcohol motifs (C(OH)–C–C–N with tert-alkyl or cyclic N) is 1. The number of ether oxygens (including phenoxy) is 1. The molecule has 0 radical (unpaired) electrons. The van der Waals surface area contributed by atoms with Crippen LogP contribution in [0.15, 0.2) is 42.7 Å². The molecule has 0 saturated carbocycles. The van der Waals surface area contributed by atoms with Crippen molar-refractivity contribution >= 4 is 11.9 Å². The van der Waals surface area contributed by atoms with Crippen LogP contribution in [0.2, 0.25) is 0 Å². The number of nitrogens with zero attached hydrogens (tertiary/aromatic N) is 2. The Hall–Kier alpha value is -2.93. The van der Waals surface area contributed by atoms with Crippen molar-refractivity contribution in [2.45, 2.75) is 25.6 Å². The predicted molar refractivity (Wildman–Crippen MR) is 93.1 cm³/mol. The number of hydrogen-bond donors (Lipinski definition) is 2. The van der Waals surface area contributed by atoms with Gasteiger partial charge in [-0.1, -0.05) is 12.1 Å². The molecule has 2 N–H and O–H groups in total. The second-order valence-electron chi connectivity index (χ2n) is 6.40. The molecule has 2 heterocycles. The number of aryl methyl sites for hydroxylation is 1. The summed E-state index contributed by atoms with van der Waals surface area (Å²) in [7, 11) is 0. The molecule has 1 fully saturated rings. The summed E-state index contributed by atoms with van der Waals surface area (Å²) < 4.78 is 5.78. The highest BCUT2D eigenvalue weighted by molar-refractivity contribution is 5.94. The summed E-state index contributed by atoms with van der Waals surface area (Å²) in [6.07, 6.45) is 1.80. The molecule has 7 nitrogen and oxygen atoms in total. The van der Waals surface area contributed by atoms with E-state index < -0.39 is 18.2 Å². The largest absolute Gasteiger partial charge is 0.486 e. The summed E-state index contributed by atoms with van der Waals surface area (Å²) in [5.74, 6) is -0.567. The molecule has 1 aliphatic rings. The van der Waals surface area contributed by atoms with Crippen LogP contribution in [0.5, 0.6) is 5.75 Å². The Bertz CT molecular complexity index is 806. The van der Waals surface area contributed by atoms with Gasteiger partial charge in [0.05, 0.1) is 25.1 Å². The van der Waals surface area contributed by atoms with Gasteiger partial charge in [-0.25, -0.2) is 0 Å². The van der Waals surface area contributed by atoms with E-state index in [2.05, 4.69) is 4.98 Å². The molecule has 1 amide bonds. The molecule has 2 aromatic rings. The maximum absolute atomic E-state index is 12.6. The molecular formula is C19H20N2O5. The van der Waals surface area contributed by atoms with Gasteiger partial charge in [0.2, 0.25) is 0 Å². The van der Waals surface area contributed by atoms with Crippen LogP contribution in [0.4, 0.5) is 0 Å². The summed E-state index contributed by atoms with van der Waals surface area (Å²) in [5, 5.41) is 19.0. The molecule has 1 saturated heterocycles. The van der Waals surface area contributed by atoms with Crippen molar-refractivity contribution in [2.24, 2.45) is 0 Å². The standard InChI is InChI=1S/C19H20N2O5/c1-12-6-14(9-20-8-12)19(25)21-10-16(22)17(11-21)26-15-4-2-13(3-5-15)7-18(23)24/h2-6,8-9,16-17,22H,7,10-11H2,1H3,(H,23,24)/t16-,17-/m1/s1. The van der Waals surface area contributed by atoms with E-state index in [0.717, 1.165) is 5.56 Å². The summed E-state index contributed by atoms with van der Waals surface area (Å²) in [5.41, 5.74) is 2.04. The molecule has 136 valence electrons. The van der Waals surface area contributed by atoms with Crippen molar-refractivity contribution in [1.29, 1.82) is 0 Å². The highest BCUT2D eigenvalue weighted by Gasteiger charge is 2.36. The SMILES string of the molecule is Cc1cncc(C(=O)N2C[C@@H](O)[C@H](Oc3ccc(CC(=O)O)cc3)C2)c1. The van der Waals surface area contributed by atoms with E-state index in [-0.39, 0.29) is 25.4 Å². The minimum atomic E-state index is -0.898. The number of carboxylic acid groups (broad SMARTS) is 1. The van der Waals surface area contributed by atoms with Gasteiger partial charge < -0.3 is 19.8 Å². The Labute approximate surface area is 150 Å². The fourth-order valence-electron chi connectivity index (χ4n) is 2.93. The first-order valence-corrected chi connectivity index (χ1v) is 8.29. The number of aromatic nitrogens is 1. The predicted octanol–water partition coefficient (Wildman–Crippen LogP) is 1.28. The molecule has 2 atom stereocenters. The van der Waals surface area contributed by atoms with E-state index in [1.165, 1.54) is 6.20 Å². The minimum Gasteiger partial charge on any atom is -0.486 e. The van der Waals surface area contributed by atoms with Crippen LogP contribution < -0.4 is 4.74 Å². The van der Waals surface area contributed by atoms with Crippen LogP contribution in [0.3, 0.4) is 0 Å². The Kier molecular flexibility index (Phi) is 5.18. The molecular weight excluding hydrogens is 336 g/mol. The Balaban J connectivity index is 1.63. The highest BCUT2D eigenvalue weighted by atomic mass is 16.5. The number of benzene rings is 1. The first kappa shape index (κ1) is 17.9. The average molecular weight is 356 g/mol. The maximum Gasteiger partial charge on any atom is 0.307 e. The fourth-order valence-corrected chi connectivity index (χ4v) is 2.93. The number of aliphatic hydroxyl groups is 1. The number of pyridine rings is 1. The number of carbonyl (C=O) groups is 2. The van der Waals surface area contributed by atoms with Gasteiger partial charge in [-0.2, -0.15) is 0 Å². The first-order valence-electron chi connectivity index (χ1n) is 8.29. The van der Waals surface area contributed by atoms with Gasteiger partial charge in [0.25, 0.3) is 5.91 Å². The van der Waals surface area contributed by atoms with Crippen molar-refractivity contribution in [1.82, 2.24) is 9.88 Å². The van der Waals surface area contributed by atoms with Gasteiger partial charge in [-0.3, -0.25) is 14.6 Å². The highest BCUT2D eigenvalue weighted by Crippen LogP contribution is 2.21. The third-order valence-electron chi connectivity index (χ3n) is 4.21. The van der Waals surface area contributed by atoms with Crippen molar-refractivity contribution in [2.75, 3.05) is 13.1 Å². The molecule has 26 heavy (non-hydrogen) atoms. The quantitative estimate of drug-likeness (QED) is 0.837. The second-order valence-corrected chi connectivity index (χ2v) is 6.40. The number of aliphatic hydroxyl groups excluding tert-OH is 1. The van der Waals surface area contributed by atoms with Gasteiger partial charge in [-0.05, 0) is 36.2 Å². The van der Waals surface area contributed by atoms with Gasteiger partial charge in [0, 0.05) is 12.4 Å². The topological polar surface area (TPSA) is 100.0 Å². The van der Waals surface area contributed by atoms with E-state index >= 15 is 0 Å². The lowest BCUT2D eigenvalue weighted by atomic mass is 10.1. The van der Waals surface area contributed by atoms with Crippen LogP contribution in [0, 0.1) is 6.92 Å². The van der Waals surface area contributed by atoms with Crippen LogP contribution in [0.25, 0.3) is 0 Å². The fraction of sp³-hybridized carbons (Fsp3) is 0.316. The average Bonchev–Trinajstić information content (AvgIpc) is 2.96. The molecule has 0 aliphatic carbocycles. The van der Waals surface area contributed by atoms with E-state index in [4.69, 9.17) is 9.84 Å². The molecule has 1 aliphatic heterocycles.